The van der Waals surface area contributed by atoms with Crippen LogP contribution >= 0.6 is 12.6 Å². The third kappa shape index (κ3) is 4.30. The van der Waals surface area contributed by atoms with Crippen LogP contribution in [0.5, 0.6) is 0 Å². The maximum atomic E-state index is 4.26. The molecule has 0 unspecified atom stereocenters. The Labute approximate surface area is 109 Å². The molecule has 1 aliphatic rings. The Balaban J connectivity index is 1.72. The van der Waals surface area contributed by atoms with Crippen molar-refractivity contribution in [1.82, 2.24) is 14.8 Å². The molecule has 94 valence electrons. The minimum Gasteiger partial charge on any atom is -0.301 e. The van der Waals surface area contributed by atoms with Gasteiger partial charge in [0.2, 0.25) is 0 Å². The molecule has 0 atom stereocenters. The Morgan fingerprint density at radius 3 is 2.35 bits per heavy atom. The van der Waals surface area contributed by atoms with Crippen LogP contribution in [0.25, 0.3) is 0 Å². The summed E-state index contributed by atoms with van der Waals surface area (Å²) in [5.41, 5.74) is 1.36. The molecule has 1 fully saturated rings. The molecular formula is C13H21N3S. The number of thiol groups is 1. The third-order valence-electron chi connectivity index (χ3n) is 3.25. The molecule has 1 aliphatic heterocycles. The molecule has 0 saturated carbocycles. The second kappa shape index (κ2) is 6.99. The number of rotatable bonds is 5. The molecule has 0 radical (unpaired) electrons. The lowest BCUT2D eigenvalue weighted by Crippen LogP contribution is -2.46. The SMILES string of the molecule is SCCCN1CCN(Cc2ccncc2)CC1. The van der Waals surface area contributed by atoms with Crippen LogP contribution in [0, 0.1) is 0 Å². The lowest BCUT2D eigenvalue weighted by Gasteiger charge is -2.34. The van der Waals surface area contributed by atoms with Crippen LogP contribution in [0.1, 0.15) is 12.0 Å². The maximum Gasteiger partial charge on any atom is 0.0271 e. The molecule has 1 saturated heterocycles. The lowest BCUT2D eigenvalue weighted by molar-refractivity contribution is 0.127. The third-order valence-corrected chi connectivity index (χ3v) is 3.57. The Bertz CT molecular complexity index is 310. The number of aromatic nitrogens is 1. The van der Waals surface area contributed by atoms with Gasteiger partial charge in [-0.1, -0.05) is 0 Å². The summed E-state index contributed by atoms with van der Waals surface area (Å²) in [7, 11) is 0. The summed E-state index contributed by atoms with van der Waals surface area (Å²) in [5.74, 6) is 0.997. The minimum atomic E-state index is 0.997. The van der Waals surface area contributed by atoms with Gasteiger partial charge in [-0.25, -0.2) is 0 Å². The van der Waals surface area contributed by atoms with E-state index in [1.807, 2.05) is 12.4 Å². The highest BCUT2D eigenvalue weighted by atomic mass is 32.1. The van der Waals surface area contributed by atoms with Crippen molar-refractivity contribution in [3.05, 3.63) is 30.1 Å². The van der Waals surface area contributed by atoms with Crippen LogP contribution in [0.3, 0.4) is 0 Å². The van der Waals surface area contributed by atoms with Gasteiger partial charge >= 0.3 is 0 Å². The molecule has 0 N–H and O–H groups in total. The van der Waals surface area contributed by atoms with E-state index in [0.29, 0.717) is 0 Å². The van der Waals surface area contributed by atoms with Gasteiger partial charge in [0, 0.05) is 45.1 Å². The lowest BCUT2D eigenvalue weighted by atomic mass is 10.2. The van der Waals surface area contributed by atoms with E-state index >= 15 is 0 Å². The molecule has 1 aromatic heterocycles. The number of pyridine rings is 1. The van der Waals surface area contributed by atoms with E-state index in [1.54, 1.807) is 0 Å². The fourth-order valence-corrected chi connectivity index (χ4v) is 2.35. The zero-order valence-electron chi connectivity index (χ0n) is 10.3. The van der Waals surface area contributed by atoms with Gasteiger partial charge in [-0.05, 0) is 36.4 Å². The van der Waals surface area contributed by atoms with E-state index in [-0.39, 0.29) is 0 Å². The summed E-state index contributed by atoms with van der Waals surface area (Å²) in [5, 5.41) is 0. The van der Waals surface area contributed by atoms with Crippen molar-refractivity contribution >= 4 is 12.6 Å². The first kappa shape index (κ1) is 12.9. The summed E-state index contributed by atoms with van der Waals surface area (Å²) < 4.78 is 0. The maximum absolute atomic E-state index is 4.26. The summed E-state index contributed by atoms with van der Waals surface area (Å²) in [4.78, 5) is 9.11. The van der Waals surface area contributed by atoms with Crippen LogP contribution in [-0.4, -0.2) is 53.3 Å². The Hall–Kier alpha value is -0.580. The van der Waals surface area contributed by atoms with E-state index in [0.717, 1.165) is 12.3 Å². The summed E-state index contributed by atoms with van der Waals surface area (Å²) in [6.45, 7) is 7.00. The van der Waals surface area contributed by atoms with Crippen molar-refractivity contribution in [2.75, 3.05) is 38.5 Å². The van der Waals surface area contributed by atoms with Crippen molar-refractivity contribution in [2.45, 2.75) is 13.0 Å². The predicted molar refractivity (Wildman–Crippen MR) is 74.4 cm³/mol. The van der Waals surface area contributed by atoms with Gasteiger partial charge in [0.25, 0.3) is 0 Å². The Kier molecular flexibility index (Phi) is 5.29. The fourth-order valence-electron chi connectivity index (χ4n) is 2.21. The van der Waals surface area contributed by atoms with Gasteiger partial charge in [-0.15, -0.1) is 0 Å². The van der Waals surface area contributed by atoms with Crippen molar-refractivity contribution in [1.29, 1.82) is 0 Å². The molecule has 2 rings (SSSR count). The van der Waals surface area contributed by atoms with E-state index in [4.69, 9.17) is 0 Å². The molecule has 0 aromatic carbocycles. The summed E-state index contributed by atoms with van der Waals surface area (Å²) >= 11 is 4.26. The Morgan fingerprint density at radius 2 is 1.71 bits per heavy atom. The van der Waals surface area contributed by atoms with Gasteiger partial charge in [-0.2, -0.15) is 12.6 Å². The average Bonchev–Trinajstić information content (AvgIpc) is 2.39. The summed E-state index contributed by atoms with van der Waals surface area (Å²) in [6, 6.07) is 4.21. The van der Waals surface area contributed by atoms with E-state index in [2.05, 4.69) is 39.5 Å². The molecule has 1 aromatic rings. The Morgan fingerprint density at radius 1 is 1.06 bits per heavy atom. The smallest absolute Gasteiger partial charge is 0.0271 e. The van der Waals surface area contributed by atoms with Crippen LogP contribution in [0.2, 0.25) is 0 Å². The number of hydrogen-bond donors (Lipinski definition) is 1. The fraction of sp³-hybridized carbons (Fsp3) is 0.615. The van der Waals surface area contributed by atoms with Crippen LogP contribution < -0.4 is 0 Å². The standard InChI is InChI=1S/C13H21N3S/c17-11-1-6-15-7-9-16(10-8-15)12-13-2-4-14-5-3-13/h2-5,17H,1,6-12H2. The molecule has 4 heteroatoms. The minimum absolute atomic E-state index is 0.997. The second-order valence-corrected chi connectivity index (χ2v) is 5.00. The van der Waals surface area contributed by atoms with Gasteiger partial charge in [0.15, 0.2) is 0 Å². The molecule has 0 spiro atoms. The number of nitrogens with zero attached hydrogens (tertiary/aromatic N) is 3. The highest BCUT2D eigenvalue weighted by Crippen LogP contribution is 2.08. The first-order valence-electron chi connectivity index (χ1n) is 6.33. The zero-order chi connectivity index (χ0) is 11.9. The monoisotopic (exact) mass is 251 g/mol. The van der Waals surface area contributed by atoms with Crippen LogP contribution in [0.15, 0.2) is 24.5 Å². The largest absolute Gasteiger partial charge is 0.301 e. The zero-order valence-corrected chi connectivity index (χ0v) is 11.1. The highest BCUT2D eigenvalue weighted by Gasteiger charge is 2.15. The number of piperazine rings is 1. The van der Waals surface area contributed by atoms with Crippen molar-refractivity contribution in [3.8, 4) is 0 Å². The van der Waals surface area contributed by atoms with E-state index < -0.39 is 0 Å². The second-order valence-electron chi connectivity index (χ2n) is 4.55. The van der Waals surface area contributed by atoms with Crippen LogP contribution in [-0.2, 0) is 6.54 Å². The summed E-state index contributed by atoms with van der Waals surface area (Å²) in [6.07, 6.45) is 4.95. The van der Waals surface area contributed by atoms with Crippen molar-refractivity contribution in [3.63, 3.8) is 0 Å². The van der Waals surface area contributed by atoms with Gasteiger partial charge in [0.1, 0.15) is 0 Å². The average molecular weight is 251 g/mol. The topological polar surface area (TPSA) is 19.4 Å². The van der Waals surface area contributed by atoms with Crippen molar-refractivity contribution < 1.29 is 0 Å². The van der Waals surface area contributed by atoms with Crippen LogP contribution in [0.4, 0.5) is 0 Å². The quantitative estimate of drug-likeness (QED) is 0.801. The molecule has 0 amide bonds. The predicted octanol–water partition coefficient (Wildman–Crippen LogP) is 1.52. The molecular weight excluding hydrogens is 230 g/mol. The molecule has 3 nitrogen and oxygen atoms in total. The van der Waals surface area contributed by atoms with Crippen molar-refractivity contribution in [2.24, 2.45) is 0 Å². The van der Waals surface area contributed by atoms with Gasteiger partial charge in [0.05, 0.1) is 0 Å². The van der Waals surface area contributed by atoms with E-state index in [9.17, 15) is 0 Å². The molecule has 0 bridgehead atoms. The van der Waals surface area contributed by atoms with E-state index in [1.165, 1.54) is 44.7 Å². The number of hydrogen-bond acceptors (Lipinski definition) is 4. The molecule has 2 heterocycles. The molecule has 0 aliphatic carbocycles. The van der Waals surface area contributed by atoms with Gasteiger partial charge < -0.3 is 4.90 Å². The van der Waals surface area contributed by atoms with Gasteiger partial charge in [-0.3, -0.25) is 9.88 Å². The molecule has 17 heavy (non-hydrogen) atoms. The first-order valence-corrected chi connectivity index (χ1v) is 6.96. The highest BCUT2D eigenvalue weighted by molar-refractivity contribution is 7.80. The first-order chi connectivity index (χ1) is 8.38. The normalized spacial score (nSPS) is 18.4.